The third kappa shape index (κ3) is 1.28. The molecule has 0 aromatic rings. The fraction of sp³-hybridized carbons (Fsp3) is 1.00. The van der Waals surface area contributed by atoms with E-state index < -0.39 is 0 Å². The number of fused-ring (bicyclic) bond motifs is 1. The largest absolute Gasteiger partial charge is 0.379 e. The van der Waals surface area contributed by atoms with Crippen LogP contribution in [0.25, 0.3) is 0 Å². The standard InChI is InChI=1S/C8H14O3/c1-9-7-5-11-8-6(7)3-2-4-10-8/h6-8H,2-5H2,1H3/t6?,7?,8-/m0/s1. The quantitative estimate of drug-likeness (QED) is 0.564. The summed E-state index contributed by atoms with van der Waals surface area (Å²) in [4.78, 5) is 0. The SMILES string of the molecule is COC1CO[C@@H]2OCCCC12. The van der Waals surface area contributed by atoms with Gasteiger partial charge in [0.25, 0.3) is 0 Å². The van der Waals surface area contributed by atoms with E-state index in [1.165, 1.54) is 6.42 Å². The smallest absolute Gasteiger partial charge is 0.163 e. The molecule has 2 rings (SSSR count). The van der Waals surface area contributed by atoms with E-state index in [-0.39, 0.29) is 12.4 Å². The molecule has 2 unspecified atom stereocenters. The van der Waals surface area contributed by atoms with Crippen molar-refractivity contribution in [2.45, 2.75) is 25.2 Å². The van der Waals surface area contributed by atoms with Crippen LogP contribution in [0.15, 0.2) is 0 Å². The van der Waals surface area contributed by atoms with Gasteiger partial charge < -0.3 is 14.2 Å². The van der Waals surface area contributed by atoms with Gasteiger partial charge in [0, 0.05) is 19.6 Å². The molecule has 3 heteroatoms. The highest BCUT2D eigenvalue weighted by Crippen LogP contribution is 2.31. The highest BCUT2D eigenvalue weighted by Gasteiger charge is 2.39. The van der Waals surface area contributed by atoms with Gasteiger partial charge in [-0.3, -0.25) is 0 Å². The van der Waals surface area contributed by atoms with E-state index in [2.05, 4.69) is 0 Å². The molecule has 2 heterocycles. The second-order valence-corrected chi connectivity index (χ2v) is 3.15. The molecule has 0 aromatic carbocycles. The fourth-order valence-electron chi connectivity index (χ4n) is 1.87. The maximum absolute atomic E-state index is 5.43. The van der Waals surface area contributed by atoms with Crippen molar-refractivity contribution in [3.05, 3.63) is 0 Å². The minimum atomic E-state index is 0.0219. The first kappa shape index (κ1) is 7.53. The van der Waals surface area contributed by atoms with Crippen LogP contribution in [0.2, 0.25) is 0 Å². The van der Waals surface area contributed by atoms with E-state index in [1.54, 1.807) is 7.11 Å². The van der Waals surface area contributed by atoms with E-state index in [0.717, 1.165) is 13.0 Å². The number of methoxy groups -OCH3 is 1. The lowest BCUT2D eigenvalue weighted by Crippen LogP contribution is -2.31. The van der Waals surface area contributed by atoms with E-state index in [0.29, 0.717) is 12.5 Å². The second kappa shape index (κ2) is 3.09. The molecular weight excluding hydrogens is 144 g/mol. The monoisotopic (exact) mass is 158 g/mol. The summed E-state index contributed by atoms with van der Waals surface area (Å²) in [6.45, 7) is 1.55. The summed E-state index contributed by atoms with van der Waals surface area (Å²) in [6, 6.07) is 0. The lowest BCUT2D eigenvalue weighted by atomic mass is 9.97. The lowest BCUT2D eigenvalue weighted by molar-refractivity contribution is -0.152. The summed E-state index contributed by atoms with van der Waals surface area (Å²) >= 11 is 0. The van der Waals surface area contributed by atoms with Gasteiger partial charge in [-0.2, -0.15) is 0 Å². The van der Waals surface area contributed by atoms with Gasteiger partial charge in [-0.15, -0.1) is 0 Å². The average molecular weight is 158 g/mol. The molecule has 0 aliphatic carbocycles. The summed E-state index contributed by atoms with van der Waals surface area (Å²) in [6.07, 6.45) is 2.61. The summed E-state index contributed by atoms with van der Waals surface area (Å²) in [5.41, 5.74) is 0. The molecule has 0 aromatic heterocycles. The molecule has 0 N–H and O–H groups in total. The van der Waals surface area contributed by atoms with Crippen LogP contribution in [-0.2, 0) is 14.2 Å². The van der Waals surface area contributed by atoms with Gasteiger partial charge in [-0.1, -0.05) is 0 Å². The van der Waals surface area contributed by atoms with Crippen LogP contribution in [0.3, 0.4) is 0 Å². The Balaban J connectivity index is 1.98. The van der Waals surface area contributed by atoms with Crippen molar-refractivity contribution < 1.29 is 14.2 Å². The number of hydrogen-bond acceptors (Lipinski definition) is 3. The molecule has 11 heavy (non-hydrogen) atoms. The summed E-state index contributed by atoms with van der Waals surface area (Å²) in [5, 5.41) is 0. The van der Waals surface area contributed by atoms with Crippen molar-refractivity contribution in [2.24, 2.45) is 5.92 Å². The van der Waals surface area contributed by atoms with Crippen LogP contribution >= 0.6 is 0 Å². The minimum Gasteiger partial charge on any atom is -0.379 e. The minimum absolute atomic E-state index is 0.0219. The molecule has 0 radical (unpaired) electrons. The molecule has 64 valence electrons. The Kier molecular flexibility index (Phi) is 2.11. The van der Waals surface area contributed by atoms with Gasteiger partial charge in [0.2, 0.25) is 0 Å². The van der Waals surface area contributed by atoms with E-state index >= 15 is 0 Å². The zero-order valence-corrected chi connectivity index (χ0v) is 6.79. The molecule has 2 saturated heterocycles. The first-order valence-corrected chi connectivity index (χ1v) is 4.18. The number of ether oxygens (including phenoxy) is 3. The van der Waals surface area contributed by atoms with Gasteiger partial charge in [-0.25, -0.2) is 0 Å². The third-order valence-corrected chi connectivity index (χ3v) is 2.52. The molecule has 3 nitrogen and oxygen atoms in total. The maximum Gasteiger partial charge on any atom is 0.163 e. The molecule has 0 spiro atoms. The van der Waals surface area contributed by atoms with E-state index in [9.17, 15) is 0 Å². The molecule has 0 saturated carbocycles. The summed E-state index contributed by atoms with van der Waals surface area (Å²) < 4.78 is 16.1. The highest BCUT2D eigenvalue weighted by molar-refractivity contribution is 4.81. The molecule has 2 fully saturated rings. The zero-order valence-electron chi connectivity index (χ0n) is 6.79. The predicted octanol–water partition coefficient (Wildman–Crippen LogP) is 0.784. The van der Waals surface area contributed by atoms with Gasteiger partial charge >= 0.3 is 0 Å². The lowest BCUT2D eigenvalue weighted by Gasteiger charge is -2.26. The Morgan fingerprint density at radius 1 is 1.36 bits per heavy atom. The van der Waals surface area contributed by atoms with Crippen molar-refractivity contribution in [1.82, 2.24) is 0 Å². The Morgan fingerprint density at radius 2 is 2.27 bits per heavy atom. The van der Waals surface area contributed by atoms with Crippen molar-refractivity contribution >= 4 is 0 Å². The Bertz CT molecular complexity index is 131. The summed E-state index contributed by atoms with van der Waals surface area (Å²) in [7, 11) is 1.74. The highest BCUT2D eigenvalue weighted by atomic mass is 16.7. The van der Waals surface area contributed by atoms with Crippen LogP contribution in [0.1, 0.15) is 12.8 Å². The van der Waals surface area contributed by atoms with Crippen LogP contribution in [0, 0.1) is 5.92 Å². The average Bonchev–Trinajstić information content (AvgIpc) is 2.47. The second-order valence-electron chi connectivity index (χ2n) is 3.15. The Labute approximate surface area is 66.6 Å². The summed E-state index contributed by atoms with van der Waals surface area (Å²) in [5.74, 6) is 0.480. The van der Waals surface area contributed by atoms with Gasteiger partial charge in [0.05, 0.1) is 12.7 Å². The van der Waals surface area contributed by atoms with E-state index in [4.69, 9.17) is 14.2 Å². The van der Waals surface area contributed by atoms with Gasteiger partial charge in [0.15, 0.2) is 6.29 Å². The zero-order chi connectivity index (χ0) is 7.68. The van der Waals surface area contributed by atoms with Crippen LogP contribution in [-0.4, -0.2) is 32.7 Å². The Hall–Kier alpha value is -0.120. The fourth-order valence-corrected chi connectivity index (χ4v) is 1.87. The first-order chi connectivity index (χ1) is 5.42. The molecule has 3 atom stereocenters. The predicted molar refractivity (Wildman–Crippen MR) is 39.2 cm³/mol. The van der Waals surface area contributed by atoms with Crippen LogP contribution < -0.4 is 0 Å². The topological polar surface area (TPSA) is 27.7 Å². The van der Waals surface area contributed by atoms with Crippen molar-refractivity contribution in [2.75, 3.05) is 20.3 Å². The van der Waals surface area contributed by atoms with Crippen molar-refractivity contribution in [1.29, 1.82) is 0 Å². The third-order valence-electron chi connectivity index (χ3n) is 2.52. The van der Waals surface area contributed by atoms with Crippen molar-refractivity contribution in [3.8, 4) is 0 Å². The van der Waals surface area contributed by atoms with E-state index in [1.807, 2.05) is 0 Å². The maximum atomic E-state index is 5.43. The molecule has 2 aliphatic rings. The van der Waals surface area contributed by atoms with Gasteiger partial charge in [-0.05, 0) is 12.8 Å². The van der Waals surface area contributed by atoms with Crippen LogP contribution in [0.4, 0.5) is 0 Å². The first-order valence-electron chi connectivity index (χ1n) is 4.18. The number of rotatable bonds is 1. The molecule has 2 aliphatic heterocycles. The molecular formula is C8H14O3. The molecule has 0 amide bonds. The van der Waals surface area contributed by atoms with Gasteiger partial charge in [0.1, 0.15) is 0 Å². The Morgan fingerprint density at radius 3 is 3.09 bits per heavy atom. The molecule has 0 bridgehead atoms. The van der Waals surface area contributed by atoms with Crippen molar-refractivity contribution in [3.63, 3.8) is 0 Å². The van der Waals surface area contributed by atoms with Crippen LogP contribution in [0.5, 0.6) is 0 Å². The normalized spacial score (nSPS) is 43.9. The number of hydrogen-bond donors (Lipinski definition) is 0.